The number of ether oxygens (including phenoxy) is 1. The molecule has 0 aliphatic carbocycles. The summed E-state index contributed by atoms with van der Waals surface area (Å²) in [6.45, 7) is 0.381. The van der Waals surface area contributed by atoms with Crippen molar-refractivity contribution in [2.75, 3.05) is 5.32 Å². The van der Waals surface area contributed by atoms with Crippen LogP contribution in [0, 0.1) is 0 Å². The van der Waals surface area contributed by atoms with Gasteiger partial charge in [0.15, 0.2) is 5.75 Å². The maximum absolute atomic E-state index is 12.8. The van der Waals surface area contributed by atoms with E-state index in [1.807, 2.05) is 30.3 Å². The smallest absolute Gasteiger partial charge is 0.263 e. The maximum Gasteiger partial charge on any atom is 0.263 e. The number of alkyl halides is 2. The lowest BCUT2D eigenvalue weighted by Gasteiger charge is -2.14. The standard InChI is InChI=1S/C20H16ClF2NO/c21-16-9-10-19(25-17-7-2-1-3-8-17)18(12-16)24-13-14-5-4-6-15(11-14)20(22)23/h1-12,20,24H,13H2. The molecule has 25 heavy (non-hydrogen) atoms. The predicted octanol–water partition coefficient (Wildman–Crippen LogP) is 6.68. The zero-order valence-electron chi connectivity index (χ0n) is 13.3. The van der Waals surface area contributed by atoms with Gasteiger partial charge in [0.25, 0.3) is 6.43 Å². The number of nitrogens with one attached hydrogen (secondary N) is 1. The van der Waals surface area contributed by atoms with Crippen molar-refractivity contribution in [3.05, 3.63) is 88.9 Å². The molecule has 3 aromatic rings. The zero-order valence-corrected chi connectivity index (χ0v) is 14.0. The van der Waals surface area contributed by atoms with Crippen molar-refractivity contribution in [2.24, 2.45) is 0 Å². The Kier molecular flexibility index (Phi) is 5.51. The Bertz CT molecular complexity index is 840. The number of halogens is 3. The minimum absolute atomic E-state index is 0.00570. The van der Waals surface area contributed by atoms with Crippen LogP contribution < -0.4 is 10.1 Å². The zero-order chi connectivity index (χ0) is 17.6. The first kappa shape index (κ1) is 17.2. The monoisotopic (exact) mass is 359 g/mol. The van der Waals surface area contributed by atoms with E-state index in [9.17, 15) is 8.78 Å². The number of para-hydroxylation sites is 1. The van der Waals surface area contributed by atoms with Crippen LogP contribution >= 0.6 is 11.6 Å². The summed E-state index contributed by atoms with van der Waals surface area (Å²) in [4.78, 5) is 0. The number of hydrogen-bond donors (Lipinski definition) is 1. The number of rotatable bonds is 6. The van der Waals surface area contributed by atoms with Gasteiger partial charge in [0.2, 0.25) is 0 Å². The van der Waals surface area contributed by atoms with E-state index in [0.717, 1.165) is 5.56 Å². The molecule has 128 valence electrons. The molecule has 3 rings (SSSR count). The van der Waals surface area contributed by atoms with E-state index in [1.165, 1.54) is 12.1 Å². The molecular weight excluding hydrogens is 344 g/mol. The van der Waals surface area contributed by atoms with E-state index in [0.29, 0.717) is 28.8 Å². The largest absolute Gasteiger partial charge is 0.455 e. The highest BCUT2D eigenvalue weighted by atomic mass is 35.5. The fourth-order valence-corrected chi connectivity index (χ4v) is 2.55. The third kappa shape index (κ3) is 4.70. The average molecular weight is 360 g/mol. The highest BCUT2D eigenvalue weighted by Gasteiger charge is 2.09. The van der Waals surface area contributed by atoms with Crippen LogP contribution in [0.3, 0.4) is 0 Å². The summed E-state index contributed by atoms with van der Waals surface area (Å²) in [5, 5.41) is 3.76. The van der Waals surface area contributed by atoms with Crippen LogP contribution in [0.2, 0.25) is 5.02 Å². The molecule has 0 saturated heterocycles. The summed E-state index contributed by atoms with van der Waals surface area (Å²) in [5.41, 5.74) is 1.45. The van der Waals surface area contributed by atoms with E-state index < -0.39 is 6.43 Å². The summed E-state index contributed by atoms with van der Waals surface area (Å²) in [6, 6.07) is 20.9. The van der Waals surface area contributed by atoms with Crippen LogP contribution in [-0.2, 0) is 6.54 Å². The van der Waals surface area contributed by atoms with Crippen molar-refractivity contribution in [2.45, 2.75) is 13.0 Å². The van der Waals surface area contributed by atoms with Crippen molar-refractivity contribution in [1.29, 1.82) is 0 Å². The van der Waals surface area contributed by atoms with E-state index in [1.54, 1.807) is 30.3 Å². The lowest BCUT2D eigenvalue weighted by molar-refractivity contribution is 0.151. The van der Waals surface area contributed by atoms with E-state index >= 15 is 0 Å². The number of benzene rings is 3. The van der Waals surface area contributed by atoms with Gasteiger partial charge >= 0.3 is 0 Å². The van der Waals surface area contributed by atoms with Crippen molar-refractivity contribution >= 4 is 17.3 Å². The summed E-state index contributed by atoms with van der Waals surface area (Å²) in [5.74, 6) is 1.31. The Morgan fingerprint density at radius 3 is 2.48 bits per heavy atom. The fraction of sp³-hybridized carbons (Fsp3) is 0.100. The molecule has 0 radical (unpaired) electrons. The first-order valence-electron chi connectivity index (χ1n) is 7.75. The van der Waals surface area contributed by atoms with E-state index in [-0.39, 0.29) is 5.56 Å². The number of anilines is 1. The molecule has 0 aliphatic rings. The average Bonchev–Trinajstić information content (AvgIpc) is 2.63. The first-order chi connectivity index (χ1) is 12.1. The molecule has 5 heteroatoms. The molecule has 0 fully saturated rings. The van der Waals surface area contributed by atoms with Gasteiger partial charge in [-0.15, -0.1) is 0 Å². The summed E-state index contributed by atoms with van der Waals surface area (Å²) < 4.78 is 31.5. The lowest BCUT2D eigenvalue weighted by Crippen LogP contribution is -2.02. The SMILES string of the molecule is FC(F)c1cccc(CNc2cc(Cl)ccc2Oc2ccccc2)c1. The minimum Gasteiger partial charge on any atom is -0.455 e. The molecule has 0 atom stereocenters. The molecule has 0 aromatic heterocycles. The van der Waals surface area contributed by atoms with E-state index in [4.69, 9.17) is 16.3 Å². The first-order valence-corrected chi connectivity index (χ1v) is 8.13. The molecule has 0 unspecified atom stereocenters. The molecule has 0 spiro atoms. The number of hydrogen-bond acceptors (Lipinski definition) is 2. The second-order valence-electron chi connectivity index (χ2n) is 5.45. The Hall–Kier alpha value is -2.59. The highest BCUT2D eigenvalue weighted by molar-refractivity contribution is 6.30. The predicted molar refractivity (Wildman–Crippen MR) is 96.7 cm³/mol. The molecule has 0 bridgehead atoms. The van der Waals surface area contributed by atoms with Gasteiger partial charge in [0, 0.05) is 17.1 Å². The normalized spacial score (nSPS) is 10.7. The topological polar surface area (TPSA) is 21.3 Å². The van der Waals surface area contributed by atoms with Crippen LogP contribution in [0.1, 0.15) is 17.6 Å². The third-order valence-electron chi connectivity index (χ3n) is 3.60. The van der Waals surface area contributed by atoms with Crippen molar-refractivity contribution in [1.82, 2.24) is 0 Å². The molecule has 0 heterocycles. The van der Waals surface area contributed by atoms with Gasteiger partial charge in [0.1, 0.15) is 5.75 Å². The van der Waals surface area contributed by atoms with Gasteiger partial charge in [0.05, 0.1) is 5.69 Å². The summed E-state index contributed by atoms with van der Waals surface area (Å²) >= 11 is 6.07. The summed E-state index contributed by atoms with van der Waals surface area (Å²) in [7, 11) is 0. The second-order valence-corrected chi connectivity index (χ2v) is 5.89. The van der Waals surface area contributed by atoms with Crippen molar-refractivity contribution in [3.63, 3.8) is 0 Å². The van der Waals surface area contributed by atoms with Gasteiger partial charge in [-0.3, -0.25) is 0 Å². The Labute approximate surface area is 150 Å². The van der Waals surface area contributed by atoms with Crippen molar-refractivity contribution < 1.29 is 13.5 Å². The summed E-state index contributed by atoms with van der Waals surface area (Å²) in [6.07, 6.45) is -2.48. The molecular formula is C20H16ClF2NO. The van der Waals surface area contributed by atoms with Crippen LogP contribution in [-0.4, -0.2) is 0 Å². The van der Waals surface area contributed by atoms with Gasteiger partial charge in [-0.25, -0.2) is 8.78 Å². The second kappa shape index (κ2) is 7.99. The van der Waals surface area contributed by atoms with Gasteiger partial charge in [-0.1, -0.05) is 48.0 Å². The molecule has 0 aliphatic heterocycles. The van der Waals surface area contributed by atoms with Crippen LogP contribution in [0.25, 0.3) is 0 Å². The molecule has 3 aromatic carbocycles. The molecule has 0 saturated carbocycles. The van der Waals surface area contributed by atoms with Crippen LogP contribution in [0.5, 0.6) is 11.5 Å². The van der Waals surface area contributed by atoms with Gasteiger partial charge < -0.3 is 10.1 Å². The molecule has 2 nitrogen and oxygen atoms in total. The van der Waals surface area contributed by atoms with Crippen LogP contribution in [0.4, 0.5) is 14.5 Å². The quantitative estimate of drug-likeness (QED) is 0.530. The minimum atomic E-state index is -2.48. The highest BCUT2D eigenvalue weighted by Crippen LogP contribution is 2.32. The Morgan fingerprint density at radius 2 is 1.72 bits per heavy atom. The fourth-order valence-electron chi connectivity index (χ4n) is 2.38. The van der Waals surface area contributed by atoms with Crippen LogP contribution in [0.15, 0.2) is 72.8 Å². The molecule has 1 N–H and O–H groups in total. The molecule has 0 amide bonds. The van der Waals surface area contributed by atoms with E-state index in [2.05, 4.69) is 5.32 Å². The Morgan fingerprint density at radius 1 is 0.920 bits per heavy atom. The third-order valence-corrected chi connectivity index (χ3v) is 3.83. The maximum atomic E-state index is 12.8. The Balaban J connectivity index is 1.77. The lowest BCUT2D eigenvalue weighted by atomic mass is 10.1. The van der Waals surface area contributed by atoms with Gasteiger partial charge in [-0.2, -0.15) is 0 Å². The van der Waals surface area contributed by atoms with Crippen molar-refractivity contribution in [3.8, 4) is 11.5 Å². The van der Waals surface area contributed by atoms with Gasteiger partial charge in [-0.05, 0) is 42.0 Å².